The fraction of sp³-hybridized carbons (Fsp3) is 0.316. The zero-order valence-corrected chi connectivity index (χ0v) is 15.7. The van der Waals surface area contributed by atoms with Crippen molar-refractivity contribution < 1.29 is 18.7 Å². The first-order valence-electron chi connectivity index (χ1n) is 7.75. The summed E-state index contributed by atoms with van der Waals surface area (Å²) in [6.45, 7) is 7.09. The van der Waals surface area contributed by atoms with Crippen molar-refractivity contribution in [2.24, 2.45) is 0 Å². The lowest BCUT2D eigenvalue weighted by atomic mass is 10.1. The summed E-state index contributed by atoms with van der Waals surface area (Å²) in [6, 6.07) is 3.63. The Bertz CT molecular complexity index is 738. The van der Waals surface area contributed by atoms with Crippen LogP contribution >= 0.6 is 11.8 Å². The van der Waals surface area contributed by atoms with Gasteiger partial charge >= 0.3 is 0 Å². The first-order chi connectivity index (χ1) is 11.9. The Hall–Kier alpha value is -2.21. The summed E-state index contributed by atoms with van der Waals surface area (Å²) in [6.07, 6.45) is 4.68. The minimum Gasteiger partial charge on any atom is -0.493 e. The van der Waals surface area contributed by atoms with E-state index in [4.69, 9.17) is 9.47 Å². The van der Waals surface area contributed by atoms with Crippen molar-refractivity contribution in [2.45, 2.75) is 19.2 Å². The number of allylic oxidation sites excluding steroid dienone is 3. The van der Waals surface area contributed by atoms with Crippen molar-refractivity contribution in [3.63, 3.8) is 0 Å². The Labute approximate surface area is 152 Å². The molecule has 1 aliphatic rings. The largest absolute Gasteiger partial charge is 0.493 e. The topological polar surface area (TPSA) is 38.8 Å². The number of anilines is 1. The minimum atomic E-state index is -0.303. The fourth-order valence-electron chi connectivity index (χ4n) is 2.62. The van der Waals surface area contributed by atoms with Crippen molar-refractivity contribution in [3.8, 4) is 11.5 Å². The molecular weight excluding hydrogens is 341 g/mol. The van der Waals surface area contributed by atoms with Crippen LogP contribution in [0.15, 0.2) is 48.3 Å². The number of carbonyl (C=O) groups is 1. The Morgan fingerprint density at radius 2 is 1.96 bits per heavy atom. The van der Waals surface area contributed by atoms with Gasteiger partial charge in [0, 0.05) is 6.07 Å². The van der Waals surface area contributed by atoms with Crippen LogP contribution in [-0.4, -0.2) is 31.3 Å². The Morgan fingerprint density at radius 1 is 1.32 bits per heavy atom. The molecule has 1 aliphatic heterocycles. The van der Waals surface area contributed by atoms with Crippen LogP contribution in [0, 0.1) is 6.92 Å². The molecule has 4 nitrogen and oxygen atoms in total. The first-order valence-corrected chi connectivity index (χ1v) is 8.80. The van der Waals surface area contributed by atoms with Crippen molar-refractivity contribution in [1.82, 2.24) is 0 Å². The van der Waals surface area contributed by atoms with E-state index in [0.29, 0.717) is 17.3 Å². The zero-order valence-electron chi connectivity index (χ0n) is 14.8. The van der Waals surface area contributed by atoms with Gasteiger partial charge in [0.25, 0.3) is 0 Å². The quantitative estimate of drug-likeness (QED) is 0.702. The maximum absolute atomic E-state index is 13.1. The molecule has 0 N–H and O–H groups in total. The molecule has 134 valence electrons. The van der Waals surface area contributed by atoms with Crippen LogP contribution in [0.3, 0.4) is 0 Å². The highest BCUT2D eigenvalue weighted by Gasteiger charge is 2.35. The number of amides is 1. The number of carbonyl (C=O) groups excluding carboxylic acids is 1. The molecular formula is C19H22FNO3S. The summed E-state index contributed by atoms with van der Waals surface area (Å²) in [4.78, 5) is 14.2. The highest BCUT2D eigenvalue weighted by Crippen LogP contribution is 2.41. The van der Waals surface area contributed by atoms with Gasteiger partial charge in [0.15, 0.2) is 11.5 Å². The molecule has 1 amide bonds. The van der Waals surface area contributed by atoms with Crippen LogP contribution in [0.4, 0.5) is 10.1 Å². The van der Waals surface area contributed by atoms with Gasteiger partial charge < -0.3 is 9.47 Å². The third-order valence-electron chi connectivity index (χ3n) is 3.86. The maximum Gasteiger partial charge on any atom is 0.238 e. The number of hydrogen-bond acceptors (Lipinski definition) is 4. The Morgan fingerprint density at radius 3 is 2.52 bits per heavy atom. The van der Waals surface area contributed by atoms with Gasteiger partial charge in [-0.25, -0.2) is 4.39 Å². The maximum atomic E-state index is 13.1. The van der Waals surface area contributed by atoms with E-state index in [1.165, 1.54) is 24.8 Å². The standard InChI is InChI=1S/C19H22FNO3S/c1-6-14(8-7-13(3)20)19-21(18(22)11-25-19)15-10-17(24-5)16(23-4)9-12(15)2/h6-10,19H,1,11H2,2-5H3/b13-7+,14-8+. The van der Waals surface area contributed by atoms with E-state index in [2.05, 4.69) is 6.58 Å². The molecule has 1 unspecified atom stereocenters. The van der Waals surface area contributed by atoms with Crippen molar-refractivity contribution in [1.29, 1.82) is 0 Å². The predicted molar refractivity (Wildman–Crippen MR) is 101 cm³/mol. The van der Waals surface area contributed by atoms with Crippen molar-refractivity contribution >= 4 is 23.4 Å². The molecule has 0 spiro atoms. The van der Waals surface area contributed by atoms with Gasteiger partial charge in [-0.2, -0.15) is 0 Å². The van der Waals surface area contributed by atoms with Crippen LogP contribution in [0.25, 0.3) is 0 Å². The molecule has 1 saturated heterocycles. The molecule has 0 radical (unpaired) electrons. The molecule has 1 heterocycles. The van der Waals surface area contributed by atoms with Gasteiger partial charge in [-0.3, -0.25) is 9.69 Å². The lowest BCUT2D eigenvalue weighted by Gasteiger charge is -2.27. The number of thioether (sulfide) groups is 1. The third kappa shape index (κ3) is 4.07. The van der Waals surface area contributed by atoms with Gasteiger partial charge in [0.2, 0.25) is 5.91 Å². The number of nitrogens with zero attached hydrogens (tertiary/aromatic N) is 1. The SMILES string of the molecule is C=C/C(=C\C=C(/C)F)C1SCC(=O)N1c1cc(OC)c(OC)cc1C. The molecule has 0 bridgehead atoms. The number of rotatable bonds is 6. The zero-order chi connectivity index (χ0) is 18.6. The Kier molecular flexibility index (Phi) is 6.31. The second kappa shape index (κ2) is 8.25. The van der Waals surface area contributed by atoms with E-state index < -0.39 is 0 Å². The van der Waals surface area contributed by atoms with E-state index in [1.807, 2.05) is 13.0 Å². The van der Waals surface area contributed by atoms with E-state index in [9.17, 15) is 9.18 Å². The summed E-state index contributed by atoms with van der Waals surface area (Å²) >= 11 is 1.48. The van der Waals surface area contributed by atoms with E-state index in [0.717, 1.165) is 16.8 Å². The summed E-state index contributed by atoms with van der Waals surface area (Å²) in [7, 11) is 3.12. The normalized spacial score (nSPS) is 18.5. The predicted octanol–water partition coefficient (Wildman–Crippen LogP) is 4.40. The number of halogens is 1. The van der Waals surface area contributed by atoms with Crippen LogP contribution in [0.5, 0.6) is 11.5 Å². The second-order valence-electron chi connectivity index (χ2n) is 5.55. The molecule has 1 atom stereocenters. The molecule has 0 aromatic heterocycles. The van der Waals surface area contributed by atoms with Gasteiger partial charge in [-0.05, 0) is 37.1 Å². The van der Waals surface area contributed by atoms with Gasteiger partial charge in [-0.15, -0.1) is 11.8 Å². The monoisotopic (exact) mass is 363 g/mol. The molecule has 1 fully saturated rings. The number of aryl methyl sites for hydroxylation is 1. The molecule has 1 aromatic rings. The summed E-state index contributed by atoms with van der Waals surface area (Å²) in [5.41, 5.74) is 2.40. The van der Waals surface area contributed by atoms with Crippen molar-refractivity contribution in [2.75, 3.05) is 24.9 Å². The Balaban J connectivity index is 2.51. The smallest absolute Gasteiger partial charge is 0.238 e. The average molecular weight is 363 g/mol. The van der Waals surface area contributed by atoms with Crippen LogP contribution in [0.1, 0.15) is 12.5 Å². The second-order valence-corrected chi connectivity index (χ2v) is 6.61. The molecule has 0 aliphatic carbocycles. The van der Waals surface area contributed by atoms with E-state index in [-0.39, 0.29) is 17.1 Å². The molecule has 25 heavy (non-hydrogen) atoms. The molecule has 6 heteroatoms. The van der Waals surface area contributed by atoms with E-state index >= 15 is 0 Å². The molecule has 0 saturated carbocycles. The number of methoxy groups -OCH3 is 2. The summed E-state index contributed by atoms with van der Waals surface area (Å²) in [5.74, 6) is 1.19. The van der Waals surface area contributed by atoms with Crippen LogP contribution in [0.2, 0.25) is 0 Å². The minimum absolute atomic E-state index is 0.0148. The molecule has 1 aromatic carbocycles. The fourth-order valence-corrected chi connectivity index (χ4v) is 3.81. The van der Waals surface area contributed by atoms with Gasteiger partial charge in [-0.1, -0.05) is 18.7 Å². The van der Waals surface area contributed by atoms with Crippen LogP contribution < -0.4 is 14.4 Å². The van der Waals surface area contributed by atoms with E-state index in [1.54, 1.807) is 37.3 Å². The van der Waals surface area contributed by atoms with Gasteiger partial charge in [0.05, 0.1) is 31.5 Å². The number of hydrogen-bond donors (Lipinski definition) is 0. The lowest BCUT2D eigenvalue weighted by molar-refractivity contribution is -0.115. The number of ether oxygens (including phenoxy) is 2. The van der Waals surface area contributed by atoms with Gasteiger partial charge in [0.1, 0.15) is 5.37 Å². The third-order valence-corrected chi connectivity index (χ3v) is 5.07. The summed E-state index contributed by atoms with van der Waals surface area (Å²) in [5, 5.41) is -0.266. The average Bonchev–Trinajstić information content (AvgIpc) is 2.96. The first kappa shape index (κ1) is 19.1. The highest BCUT2D eigenvalue weighted by atomic mass is 32.2. The lowest BCUT2D eigenvalue weighted by Crippen LogP contribution is -2.34. The number of benzene rings is 1. The highest BCUT2D eigenvalue weighted by molar-refractivity contribution is 8.01. The van der Waals surface area contributed by atoms with Crippen molar-refractivity contribution in [3.05, 3.63) is 53.9 Å². The van der Waals surface area contributed by atoms with Crippen LogP contribution in [-0.2, 0) is 4.79 Å². The molecule has 2 rings (SSSR count). The summed E-state index contributed by atoms with van der Waals surface area (Å²) < 4.78 is 23.8.